The van der Waals surface area contributed by atoms with E-state index in [2.05, 4.69) is 0 Å². The predicted molar refractivity (Wildman–Crippen MR) is 95.5 cm³/mol. The zero-order valence-corrected chi connectivity index (χ0v) is 15.3. The van der Waals surface area contributed by atoms with Crippen LogP contribution in [0.2, 0.25) is 0 Å². The first-order valence-electron chi connectivity index (χ1n) is 8.29. The number of hydrogen-bond acceptors (Lipinski definition) is 6. The summed E-state index contributed by atoms with van der Waals surface area (Å²) in [5, 5.41) is 0. The number of fused-ring (bicyclic) bond motifs is 1. The van der Waals surface area contributed by atoms with Gasteiger partial charge in [0.15, 0.2) is 29.6 Å². The fourth-order valence-corrected chi connectivity index (χ4v) is 2.90. The van der Waals surface area contributed by atoms with Crippen molar-refractivity contribution in [3.63, 3.8) is 0 Å². The summed E-state index contributed by atoms with van der Waals surface area (Å²) in [5.74, 6) is 1.67. The van der Waals surface area contributed by atoms with Gasteiger partial charge in [0.25, 0.3) is 0 Å². The minimum Gasteiger partial charge on any atom is -0.493 e. The number of hydrogen-bond donors (Lipinski definition) is 0. The second kappa shape index (κ2) is 7.15. The van der Waals surface area contributed by atoms with Crippen LogP contribution in [0.5, 0.6) is 28.7 Å². The topological polar surface area (TPSA) is 63.2 Å². The number of carbonyl (C=O) groups excluding carboxylic acids is 1. The van der Waals surface area contributed by atoms with Crippen molar-refractivity contribution in [3.05, 3.63) is 42.0 Å². The Kier molecular flexibility index (Phi) is 4.93. The van der Waals surface area contributed by atoms with E-state index >= 15 is 0 Å². The largest absolute Gasteiger partial charge is 0.493 e. The van der Waals surface area contributed by atoms with E-state index in [1.54, 1.807) is 24.3 Å². The lowest BCUT2D eigenvalue weighted by Gasteiger charge is -2.18. The highest BCUT2D eigenvalue weighted by atomic mass is 16.6. The van der Waals surface area contributed by atoms with Gasteiger partial charge in [0, 0.05) is 12.0 Å². The molecule has 2 aromatic carbocycles. The molecule has 26 heavy (non-hydrogen) atoms. The Hall–Kier alpha value is -2.89. The van der Waals surface area contributed by atoms with Gasteiger partial charge in [0.2, 0.25) is 5.75 Å². The van der Waals surface area contributed by atoms with Crippen LogP contribution in [-0.2, 0) is 11.2 Å². The number of benzene rings is 2. The van der Waals surface area contributed by atoms with E-state index in [1.165, 1.54) is 14.2 Å². The molecule has 0 aromatic heterocycles. The van der Waals surface area contributed by atoms with Gasteiger partial charge in [0.1, 0.15) is 5.60 Å². The second-order valence-electron chi connectivity index (χ2n) is 6.54. The molecule has 0 fully saturated rings. The summed E-state index contributed by atoms with van der Waals surface area (Å²) in [6, 6.07) is 10.8. The summed E-state index contributed by atoms with van der Waals surface area (Å²) in [6.07, 6.45) is 0.794. The number of ether oxygens (including phenoxy) is 5. The number of carbonyl (C=O) groups is 1. The molecule has 0 saturated carbocycles. The van der Waals surface area contributed by atoms with Crippen LogP contribution in [-0.4, -0.2) is 32.4 Å². The van der Waals surface area contributed by atoms with Crippen LogP contribution >= 0.6 is 0 Å². The van der Waals surface area contributed by atoms with E-state index in [0.717, 1.165) is 12.0 Å². The Morgan fingerprint density at radius 3 is 2.31 bits per heavy atom. The van der Waals surface area contributed by atoms with Crippen molar-refractivity contribution in [1.29, 1.82) is 0 Å². The fraction of sp³-hybridized carbons (Fsp3) is 0.350. The molecule has 0 N–H and O–H groups in total. The first kappa shape index (κ1) is 17.9. The summed E-state index contributed by atoms with van der Waals surface area (Å²) >= 11 is 0. The Morgan fingerprint density at radius 2 is 1.65 bits per heavy atom. The fourth-order valence-electron chi connectivity index (χ4n) is 2.90. The standard InChI is InChI=1S/C20H22O6/c1-20(2)11-13-7-5-10-16(18(13)26-20)24-12-17(21)25-19-14(22-3)8-6-9-15(19)23-4/h5-10H,11-12H2,1-4H3. The average Bonchev–Trinajstić information content (AvgIpc) is 2.94. The molecule has 1 heterocycles. The van der Waals surface area contributed by atoms with Crippen LogP contribution in [0, 0.1) is 0 Å². The van der Waals surface area contributed by atoms with Crippen LogP contribution in [0.15, 0.2) is 36.4 Å². The van der Waals surface area contributed by atoms with Crippen LogP contribution < -0.4 is 23.7 Å². The molecule has 3 rings (SSSR count). The van der Waals surface area contributed by atoms with Crippen molar-refractivity contribution in [1.82, 2.24) is 0 Å². The molecule has 0 unspecified atom stereocenters. The van der Waals surface area contributed by atoms with Gasteiger partial charge >= 0.3 is 5.97 Å². The summed E-state index contributed by atoms with van der Waals surface area (Å²) in [7, 11) is 2.99. The third-order valence-electron chi connectivity index (χ3n) is 4.00. The first-order valence-corrected chi connectivity index (χ1v) is 8.29. The Bertz CT molecular complexity index is 790. The molecule has 6 nitrogen and oxygen atoms in total. The maximum absolute atomic E-state index is 12.3. The third-order valence-corrected chi connectivity index (χ3v) is 4.00. The van der Waals surface area contributed by atoms with Crippen molar-refractivity contribution < 1.29 is 28.5 Å². The zero-order chi connectivity index (χ0) is 18.7. The molecule has 6 heteroatoms. The monoisotopic (exact) mass is 358 g/mol. The number of methoxy groups -OCH3 is 2. The minimum absolute atomic E-state index is 0.224. The molecule has 0 radical (unpaired) electrons. The number of para-hydroxylation sites is 2. The molecule has 0 atom stereocenters. The van der Waals surface area contributed by atoms with Crippen molar-refractivity contribution in [2.24, 2.45) is 0 Å². The van der Waals surface area contributed by atoms with Gasteiger partial charge in [-0.3, -0.25) is 0 Å². The molecule has 1 aliphatic heterocycles. The summed E-state index contributed by atoms with van der Waals surface area (Å²) in [4.78, 5) is 12.3. The molecule has 0 saturated heterocycles. The van der Waals surface area contributed by atoms with E-state index < -0.39 is 5.97 Å². The lowest BCUT2D eigenvalue weighted by atomic mass is 10.0. The lowest BCUT2D eigenvalue weighted by Crippen LogP contribution is -2.25. The van der Waals surface area contributed by atoms with Crippen LogP contribution in [0.1, 0.15) is 19.4 Å². The van der Waals surface area contributed by atoms with Gasteiger partial charge < -0.3 is 23.7 Å². The maximum atomic E-state index is 12.3. The average molecular weight is 358 g/mol. The molecule has 0 spiro atoms. The SMILES string of the molecule is COc1cccc(OC)c1OC(=O)COc1cccc2c1OC(C)(C)C2. The van der Waals surface area contributed by atoms with Gasteiger partial charge in [-0.05, 0) is 32.0 Å². The molecule has 0 aliphatic carbocycles. The zero-order valence-electron chi connectivity index (χ0n) is 15.3. The molecule has 0 bridgehead atoms. The van der Waals surface area contributed by atoms with Crippen molar-refractivity contribution >= 4 is 5.97 Å². The van der Waals surface area contributed by atoms with Crippen LogP contribution in [0.25, 0.3) is 0 Å². The summed E-state index contributed by atoms with van der Waals surface area (Å²) < 4.78 is 27.4. The third kappa shape index (κ3) is 3.69. The minimum atomic E-state index is -0.567. The van der Waals surface area contributed by atoms with E-state index in [-0.39, 0.29) is 18.0 Å². The van der Waals surface area contributed by atoms with Gasteiger partial charge in [-0.1, -0.05) is 18.2 Å². The summed E-state index contributed by atoms with van der Waals surface area (Å²) in [6.45, 7) is 3.76. The quantitative estimate of drug-likeness (QED) is 0.583. The molecule has 2 aromatic rings. The molecular formula is C20H22O6. The highest BCUT2D eigenvalue weighted by molar-refractivity contribution is 5.76. The first-order chi connectivity index (χ1) is 12.4. The van der Waals surface area contributed by atoms with Crippen LogP contribution in [0.3, 0.4) is 0 Å². The highest BCUT2D eigenvalue weighted by Gasteiger charge is 2.32. The Morgan fingerprint density at radius 1 is 1.04 bits per heavy atom. The van der Waals surface area contributed by atoms with E-state index in [9.17, 15) is 4.79 Å². The molecule has 1 aliphatic rings. The molecule has 0 amide bonds. The number of esters is 1. The normalized spacial score (nSPS) is 14.2. The van der Waals surface area contributed by atoms with E-state index in [1.807, 2.05) is 26.0 Å². The lowest BCUT2D eigenvalue weighted by molar-refractivity contribution is -0.136. The Labute approximate surface area is 152 Å². The smallest absolute Gasteiger partial charge is 0.349 e. The van der Waals surface area contributed by atoms with Crippen LogP contribution in [0.4, 0.5) is 0 Å². The van der Waals surface area contributed by atoms with Gasteiger partial charge in [0.05, 0.1) is 14.2 Å². The summed E-state index contributed by atoms with van der Waals surface area (Å²) in [5.41, 5.74) is 0.778. The highest BCUT2D eigenvalue weighted by Crippen LogP contribution is 2.42. The van der Waals surface area contributed by atoms with E-state index in [0.29, 0.717) is 23.0 Å². The molecular weight excluding hydrogens is 336 g/mol. The van der Waals surface area contributed by atoms with Crippen molar-refractivity contribution in [2.75, 3.05) is 20.8 Å². The number of rotatable bonds is 6. The van der Waals surface area contributed by atoms with Crippen molar-refractivity contribution in [3.8, 4) is 28.7 Å². The second-order valence-corrected chi connectivity index (χ2v) is 6.54. The van der Waals surface area contributed by atoms with Gasteiger partial charge in [-0.2, -0.15) is 0 Å². The maximum Gasteiger partial charge on any atom is 0.349 e. The molecule has 138 valence electrons. The van der Waals surface area contributed by atoms with Crippen molar-refractivity contribution in [2.45, 2.75) is 25.9 Å². The van der Waals surface area contributed by atoms with Gasteiger partial charge in [-0.25, -0.2) is 4.79 Å². The predicted octanol–water partition coefficient (Wildman–Crippen LogP) is 3.40. The van der Waals surface area contributed by atoms with Gasteiger partial charge in [-0.15, -0.1) is 0 Å². The Balaban J connectivity index is 1.70. The van der Waals surface area contributed by atoms with E-state index in [4.69, 9.17) is 23.7 Å².